The highest BCUT2D eigenvalue weighted by molar-refractivity contribution is 6.09. The molecule has 0 amide bonds. The van der Waals surface area contributed by atoms with Crippen molar-refractivity contribution in [3.63, 3.8) is 0 Å². The summed E-state index contributed by atoms with van der Waals surface area (Å²) in [4.78, 5) is 1.36. The van der Waals surface area contributed by atoms with Crippen molar-refractivity contribution in [1.82, 2.24) is 4.57 Å². The molecule has 0 N–H and O–H groups in total. The molecule has 0 aliphatic heterocycles. The van der Waals surface area contributed by atoms with Gasteiger partial charge in [-0.3, -0.25) is 0 Å². The fraction of sp³-hybridized carbons (Fsp3) is 0. The molecule has 2 heteroatoms. The number of hydrogen-bond acceptors (Lipinski definition) is 1. The van der Waals surface area contributed by atoms with E-state index in [0.717, 1.165) is 60.5 Å². The summed E-state index contributed by atoms with van der Waals surface area (Å²) in [6.45, 7) is 0. The molecule has 11 rings (SSSR count). The van der Waals surface area contributed by atoms with Crippen LogP contribution in [0.2, 0.25) is 0 Å². The highest BCUT2D eigenvalue weighted by Gasteiger charge is 2.16. The Morgan fingerprint density at radius 1 is 0.317 bits per heavy atom. The molecular weight excluding hydrogens is 725 g/mol. The zero-order valence-electron chi connectivity index (χ0n) is 40.4. The molecule has 0 bridgehead atoms. The lowest BCUT2D eigenvalue weighted by atomic mass is 9.98. The van der Waals surface area contributed by atoms with Crippen LogP contribution in [0.3, 0.4) is 0 Å². The van der Waals surface area contributed by atoms with E-state index in [0.29, 0.717) is 16.8 Å². The summed E-state index contributed by atoms with van der Waals surface area (Å²) >= 11 is 0. The third kappa shape index (κ3) is 6.41. The zero-order chi connectivity index (χ0) is 46.8. The Hall–Kier alpha value is -7.94. The number of nitrogens with zero attached hydrogens (tertiary/aromatic N) is 2. The van der Waals surface area contributed by atoms with Crippen molar-refractivity contribution in [2.24, 2.45) is 0 Å². The highest BCUT2D eigenvalue weighted by Crippen LogP contribution is 2.39. The Morgan fingerprint density at radius 2 is 0.783 bits per heavy atom. The maximum atomic E-state index is 9.61. The Balaban J connectivity index is 1.07. The van der Waals surface area contributed by atoms with E-state index in [9.17, 15) is 11.0 Å². The summed E-state index contributed by atoms with van der Waals surface area (Å²) in [6, 6.07) is 59.7. The van der Waals surface area contributed by atoms with Crippen LogP contribution in [0.15, 0.2) is 242 Å². The lowest BCUT2D eigenvalue weighted by Gasteiger charge is -2.26. The summed E-state index contributed by atoms with van der Waals surface area (Å²) in [5.41, 5.74) is 8.00. The third-order valence-corrected chi connectivity index (χ3v) is 11.2. The summed E-state index contributed by atoms with van der Waals surface area (Å²) in [6.07, 6.45) is 0. The van der Waals surface area contributed by atoms with Gasteiger partial charge in [0, 0.05) is 33.5 Å². The molecule has 0 saturated carbocycles. The van der Waals surface area contributed by atoms with Crippen LogP contribution < -0.4 is 4.90 Å². The number of aromatic nitrogens is 1. The molecule has 0 atom stereocenters. The van der Waals surface area contributed by atoms with E-state index in [1.807, 2.05) is 127 Å². The van der Waals surface area contributed by atoms with Crippen molar-refractivity contribution in [3.05, 3.63) is 242 Å². The van der Waals surface area contributed by atoms with Gasteiger partial charge in [-0.05, 0) is 116 Å². The molecule has 0 fully saturated rings. The molecule has 0 unspecified atom stereocenters. The average Bonchev–Trinajstić information content (AvgIpc) is 3.72. The van der Waals surface area contributed by atoms with E-state index in [2.05, 4.69) is 41.0 Å². The first-order valence-corrected chi connectivity index (χ1v) is 19.9. The van der Waals surface area contributed by atoms with Crippen LogP contribution >= 0.6 is 0 Å². The number of anilines is 3. The summed E-state index contributed by atoms with van der Waals surface area (Å²) in [7, 11) is 0. The average molecular weight is 773 g/mol. The number of fused-ring (bicyclic) bond motifs is 4. The van der Waals surface area contributed by atoms with Gasteiger partial charge < -0.3 is 9.47 Å². The predicted molar refractivity (Wildman–Crippen MR) is 255 cm³/mol. The highest BCUT2D eigenvalue weighted by atomic mass is 15.1. The molecule has 1 aromatic heterocycles. The molecule has 0 aliphatic rings. The molecule has 2 nitrogen and oxygen atoms in total. The van der Waals surface area contributed by atoms with Crippen LogP contribution in [0.1, 0.15) is 11.0 Å². The van der Waals surface area contributed by atoms with Gasteiger partial charge in [0.2, 0.25) is 0 Å². The van der Waals surface area contributed by atoms with E-state index in [1.54, 1.807) is 30.3 Å². The van der Waals surface area contributed by atoms with E-state index < -0.39 is 24.2 Å². The number of para-hydroxylation sites is 2. The predicted octanol–water partition coefficient (Wildman–Crippen LogP) is 16.1. The fourth-order valence-electron chi connectivity index (χ4n) is 8.22. The minimum absolute atomic E-state index is 0.104. The molecule has 0 radical (unpaired) electrons. The van der Waals surface area contributed by atoms with E-state index in [-0.39, 0.29) is 46.7 Å². The molecule has 0 spiro atoms. The van der Waals surface area contributed by atoms with Gasteiger partial charge in [-0.25, -0.2) is 0 Å². The summed E-state index contributed by atoms with van der Waals surface area (Å²) < 4.78 is 78.3. The fourth-order valence-corrected chi connectivity index (χ4v) is 8.22. The molecule has 1 heterocycles. The first-order valence-electron chi connectivity index (χ1n) is 23.9. The van der Waals surface area contributed by atoms with E-state index in [1.165, 1.54) is 4.90 Å². The lowest BCUT2D eigenvalue weighted by molar-refractivity contribution is 1.18. The van der Waals surface area contributed by atoms with Crippen LogP contribution in [0.25, 0.3) is 82.8 Å². The molecule has 282 valence electrons. The lowest BCUT2D eigenvalue weighted by Crippen LogP contribution is -2.09. The van der Waals surface area contributed by atoms with Gasteiger partial charge in [-0.2, -0.15) is 0 Å². The van der Waals surface area contributed by atoms with Gasteiger partial charge in [0.15, 0.2) is 0 Å². The van der Waals surface area contributed by atoms with Crippen molar-refractivity contribution >= 4 is 49.6 Å². The van der Waals surface area contributed by atoms with Crippen molar-refractivity contribution in [1.29, 1.82) is 0 Å². The Morgan fingerprint density at radius 3 is 1.45 bits per heavy atom. The Kier molecular flexibility index (Phi) is 6.96. The van der Waals surface area contributed by atoms with Crippen molar-refractivity contribution in [2.75, 3.05) is 4.90 Å². The van der Waals surface area contributed by atoms with Gasteiger partial charge in [0.25, 0.3) is 0 Å². The second kappa shape index (κ2) is 15.1. The zero-order valence-corrected chi connectivity index (χ0v) is 32.4. The normalized spacial score (nSPS) is 13.2. The Labute approximate surface area is 361 Å². The minimum atomic E-state index is -0.397. The molecular formula is C58H40N2. The van der Waals surface area contributed by atoms with Crippen LogP contribution in [-0.4, -0.2) is 4.57 Å². The van der Waals surface area contributed by atoms with Crippen LogP contribution in [-0.2, 0) is 0 Å². The summed E-state index contributed by atoms with van der Waals surface area (Å²) in [5, 5.41) is 3.96. The van der Waals surface area contributed by atoms with Crippen LogP contribution in [0.4, 0.5) is 17.1 Å². The topological polar surface area (TPSA) is 8.17 Å². The van der Waals surface area contributed by atoms with Crippen LogP contribution in [0.5, 0.6) is 0 Å². The van der Waals surface area contributed by atoms with Gasteiger partial charge in [0.1, 0.15) is 0 Å². The molecule has 11 aromatic rings. The first-order chi connectivity index (χ1) is 33.1. The van der Waals surface area contributed by atoms with Gasteiger partial charge in [0.05, 0.1) is 22.0 Å². The molecule has 60 heavy (non-hydrogen) atoms. The SMILES string of the molecule is [2H]c1c([2H])c(N(c2ccc(-c3cccc(-n4c5ccccc5c5ccccc54)c3)cc2)c2c([2H])c([2H])c(-c3cccc4ccccc34)c([2H])c2[2H])c([2H])c([2H])c1-c1ccc(-c2ccccc2)cc1. The standard InChI is InChI=1S/C58H40N2/c1-2-12-41(13-3-1)42-24-26-43(27-25-42)44-28-34-49(35-29-44)59(51-38-32-47(33-39-51)54-21-11-15-46-14-4-5-18-53(46)54)50-36-30-45(31-37-50)48-16-10-17-52(40-48)60-57-22-8-6-19-55(57)56-20-7-9-23-58(56)60/h1-40H/i28D,29D,32D,33D,34D,35D,38D,39D. The second-order valence-electron chi connectivity index (χ2n) is 14.7. The summed E-state index contributed by atoms with van der Waals surface area (Å²) in [5.74, 6) is 0. The van der Waals surface area contributed by atoms with Gasteiger partial charge >= 0.3 is 0 Å². The number of rotatable bonds is 8. The third-order valence-electron chi connectivity index (χ3n) is 11.2. The van der Waals surface area contributed by atoms with Crippen molar-refractivity contribution in [2.45, 2.75) is 0 Å². The number of hydrogen-bond donors (Lipinski definition) is 0. The quantitative estimate of drug-likeness (QED) is 0.149. The van der Waals surface area contributed by atoms with Crippen molar-refractivity contribution in [3.8, 4) is 50.2 Å². The van der Waals surface area contributed by atoms with Crippen LogP contribution in [0, 0.1) is 0 Å². The second-order valence-corrected chi connectivity index (χ2v) is 14.7. The monoisotopic (exact) mass is 772 g/mol. The minimum Gasteiger partial charge on any atom is -0.311 e. The maximum Gasteiger partial charge on any atom is 0.0645 e. The van der Waals surface area contributed by atoms with Gasteiger partial charge in [-0.15, -0.1) is 0 Å². The molecule has 0 aliphatic carbocycles. The van der Waals surface area contributed by atoms with Crippen molar-refractivity contribution < 1.29 is 11.0 Å². The largest absolute Gasteiger partial charge is 0.311 e. The van der Waals surface area contributed by atoms with E-state index >= 15 is 0 Å². The van der Waals surface area contributed by atoms with E-state index in [4.69, 9.17) is 0 Å². The molecule has 10 aromatic carbocycles. The Bertz CT molecular complexity index is 3660. The number of benzene rings is 10. The van der Waals surface area contributed by atoms with Gasteiger partial charge in [-0.1, -0.05) is 182 Å². The maximum absolute atomic E-state index is 9.61. The smallest absolute Gasteiger partial charge is 0.0645 e. The first kappa shape index (κ1) is 27.7. The molecule has 0 saturated heterocycles.